The third-order valence-corrected chi connectivity index (χ3v) is 5.75. The number of ether oxygens (including phenoxy) is 1. The fraction of sp³-hybridized carbons (Fsp3) is 0.400. The van der Waals surface area contributed by atoms with E-state index in [2.05, 4.69) is 10.4 Å². The zero-order chi connectivity index (χ0) is 19.5. The van der Waals surface area contributed by atoms with Crippen LogP contribution in [-0.4, -0.2) is 48.4 Å². The molecule has 8 heteroatoms. The van der Waals surface area contributed by atoms with Gasteiger partial charge in [0.15, 0.2) is 0 Å². The fourth-order valence-corrected chi connectivity index (χ4v) is 3.85. The molecule has 0 aliphatic carbocycles. The van der Waals surface area contributed by atoms with Crippen molar-refractivity contribution in [3.05, 3.63) is 52.5 Å². The van der Waals surface area contributed by atoms with Gasteiger partial charge in [-0.15, -0.1) is 0 Å². The van der Waals surface area contributed by atoms with Gasteiger partial charge in [-0.05, 0) is 37.1 Å². The molecule has 1 saturated heterocycles. The molecule has 0 radical (unpaired) electrons. The lowest BCUT2D eigenvalue weighted by molar-refractivity contribution is 0.0510. The van der Waals surface area contributed by atoms with Crippen molar-refractivity contribution in [2.45, 2.75) is 25.0 Å². The Labute approximate surface area is 174 Å². The van der Waals surface area contributed by atoms with E-state index in [4.69, 9.17) is 32.9 Å². The fourth-order valence-electron chi connectivity index (χ4n) is 3.57. The number of para-hydroxylation sites is 2. The second-order valence-corrected chi connectivity index (χ2v) is 7.93. The molecule has 6 nitrogen and oxygen atoms in total. The van der Waals surface area contributed by atoms with Crippen molar-refractivity contribution < 1.29 is 14.8 Å². The lowest BCUT2D eigenvalue weighted by atomic mass is 10.1. The highest BCUT2D eigenvalue weighted by Gasteiger charge is 2.26. The highest BCUT2D eigenvalue weighted by Crippen LogP contribution is 2.31. The monoisotopic (exact) mass is 423 g/mol. The van der Waals surface area contributed by atoms with Crippen LogP contribution in [0.3, 0.4) is 0 Å². The van der Waals surface area contributed by atoms with E-state index in [9.17, 15) is 5.11 Å². The zero-order valence-corrected chi connectivity index (χ0v) is 16.9. The number of nitrogens with one attached hydrogen (secondary N) is 1. The van der Waals surface area contributed by atoms with Crippen molar-refractivity contribution in [2.24, 2.45) is 0 Å². The van der Waals surface area contributed by atoms with Crippen LogP contribution in [0.4, 0.5) is 11.4 Å². The molecule has 2 aliphatic heterocycles. The van der Waals surface area contributed by atoms with Crippen LogP contribution in [0.25, 0.3) is 0 Å². The molecular weight excluding hydrogens is 401 g/mol. The van der Waals surface area contributed by atoms with Crippen molar-refractivity contribution in [1.29, 1.82) is 0 Å². The van der Waals surface area contributed by atoms with Crippen LogP contribution in [0, 0.1) is 0 Å². The van der Waals surface area contributed by atoms with Gasteiger partial charge in [0.1, 0.15) is 11.9 Å². The number of aliphatic hydroxyl groups excluding tert-OH is 1. The van der Waals surface area contributed by atoms with Gasteiger partial charge in [0, 0.05) is 25.7 Å². The van der Waals surface area contributed by atoms with Gasteiger partial charge in [-0.1, -0.05) is 35.3 Å². The summed E-state index contributed by atoms with van der Waals surface area (Å²) in [5.41, 5.74) is 4.71. The number of β-amino-alcohol motifs (C(OH)–C–C–N with tert-alkyl or cyclic N) is 1. The van der Waals surface area contributed by atoms with E-state index in [1.807, 2.05) is 30.3 Å². The number of fused-ring (bicyclic) bond motifs is 1. The number of likely N-dealkylation sites (tertiary alicyclic amines) is 1. The van der Waals surface area contributed by atoms with Crippen LogP contribution in [-0.2, 0) is 4.94 Å². The summed E-state index contributed by atoms with van der Waals surface area (Å²) in [6.07, 6.45) is 1.43. The number of anilines is 2. The van der Waals surface area contributed by atoms with Gasteiger partial charge < -0.3 is 14.7 Å². The predicted octanol–water partition coefficient (Wildman–Crippen LogP) is 3.98. The topological polar surface area (TPSA) is 57.2 Å². The highest BCUT2D eigenvalue weighted by atomic mass is 35.5. The van der Waals surface area contributed by atoms with E-state index in [0.717, 1.165) is 43.1 Å². The standard InChI is InChI=1S/C20H23Cl2N3O3/c21-17-6-5-16(11-18(17)22)27-15-7-9-24(10-8-15)12-14(26)13-25-20-4-2-1-3-19(20)23-28-25/h1-6,11,14-15,23,26H,7-10,12-13H2/t14-/m1/s1. The van der Waals surface area contributed by atoms with Gasteiger partial charge in [0.25, 0.3) is 0 Å². The number of hydroxylamine groups is 1. The first-order valence-corrected chi connectivity index (χ1v) is 10.2. The molecule has 1 atom stereocenters. The number of halogens is 2. The molecule has 0 spiro atoms. The Morgan fingerprint density at radius 2 is 1.89 bits per heavy atom. The molecule has 0 bridgehead atoms. The Kier molecular flexibility index (Phi) is 6.13. The van der Waals surface area contributed by atoms with Crippen molar-refractivity contribution in [2.75, 3.05) is 36.7 Å². The molecule has 4 rings (SSSR count). The van der Waals surface area contributed by atoms with Gasteiger partial charge in [-0.25, -0.2) is 10.5 Å². The first kappa shape index (κ1) is 19.6. The number of rotatable bonds is 6. The third-order valence-electron chi connectivity index (χ3n) is 5.01. The predicted molar refractivity (Wildman–Crippen MR) is 111 cm³/mol. The van der Waals surface area contributed by atoms with Crippen molar-refractivity contribution in [1.82, 2.24) is 4.90 Å². The maximum Gasteiger partial charge on any atom is 0.121 e. The lowest BCUT2D eigenvalue weighted by Crippen LogP contribution is -2.44. The Bertz CT molecular complexity index is 815. The average molecular weight is 424 g/mol. The van der Waals surface area contributed by atoms with E-state index >= 15 is 0 Å². The van der Waals surface area contributed by atoms with Crippen molar-refractivity contribution in [3.8, 4) is 5.75 Å². The summed E-state index contributed by atoms with van der Waals surface area (Å²) in [5, 5.41) is 13.2. The summed E-state index contributed by atoms with van der Waals surface area (Å²) in [4.78, 5) is 7.71. The second-order valence-electron chi connectivity index (χ2n) is 7.12. The van der Waals surface area contributed by atoms with E-state index < -0.39 is 6.10 Å². The highest BCUT2D eigenvalue weighted by molar-refractivity contribution is 6.42. The number of hydrogen-bond donors (Lipinski definition) is 2. The third kappa shape index (κ3) is 4.64. The Morgan fingerprint density at radius 3 is 2.68 bits per heavy atom. The van der Waals surface area contributed by atoms with E-state index in [1.54, 1.807) is 17.2 Å². The number of nitrogens with zero attached hydrogens (tertiary/aromatic N) is 2. The summed E-state index contributed by atoms with van der Waals surface area (Å²) >= 11 is 12.0. The Morgan fingerprint density at radius 1 is 1.11 bits per heavy atom. The smallest absolute Gasteiger partial charge is 0.121 e. The number of aliphatic hydroxyl groups is 1. The molecular formula is C20H23Cl2N3O3. The summed E-state index contributed by atoms with van der Waals surface area (Å²) in [6, 6.07) is 13.1. The van der Waals surface area contributed by atoms with Gasteiger partial charge in [0.05, 0.1) is 34.1 Å². The van der Waals surface area contributed by atoms with Crippen molar-refractivity contribution in [3.63, 3.8) is 0 Å². The van der Waals surface area contributed by atoms with Crippen LogP contribution in [0.1, 0.15) is 12.8 Å². The van der Waals surface area contributed by atoms with Gasteiger partial charge >= 0.3 is 0 Å². The molecule has 0 aromatic heterocycles. The Balaban J connectivity index is 1.22. The number of piperidine rings is 1. The second kappa shape index (κ2) is 8.76. The minimum Gasteiger partial charge on any atom is -0.490 e. The molecule has 1 fully saturated rings. The zero-order valence-electron chi connectivity index (χ0n) is 15.4. The first-order chi connectivity index (χ1) is 13.6. The first-order valence-electron chi connectivity index (χ1n) is 9.40. The number of hydrogen-bond acceptors (Lipinski definition) is 6. The van der Waals surface area contributed by atoms with Crippen LogP contribution in [0.5, 0.6) is 5.75 Å². The molecule has 0 amide bonds. The summed E-state index contributed by atoms with van der Waals surface area (Å²) in [6.45, 7) is 2.75. The van der Waals surface area contributed by atoms with Crippen LogP contribution >= 0.6 is 23.2 Å². The molecule has 2 heterocycles. The van der Waals surface area contributed by atoms with Crippen LogP contribution in [0.2, 0.25) is 10.0 Å². The summed E-state index contributed by atoms with van der Waals surface area (Å²) < 4.78 is 6.02. The molecule has 2 aliphatic rings. The van der Waals surface area contributed by atoms with Gasteiger partial charge in [-0.2, -0.15) is 4.94 Å². The summed E-state index contributed by atoms with van der Waals surface area (Å²) in [7, 11) is 0. The normalized spacial score (nSPS) is 18.6. The minimum absolute atomic E-state index is 0.142. The maximum absolute atomic E-state index is 10.5. The molecule has 2 aromatic rings. The SMILES string of the molecule is O[C@H](CN1CCC(Oc2ccc(Cl)c(Cl)c2)CC1)CN1ONc2ccccc21. The quantitative estimate of drug-likeness (QED) is 0.732. The summed E-state index contributed by atoms with van der Waals surface area (Å²) in [5.74, 6) is 0.741. The van der Waals surface area contributed by atoms with Crippen molar-refractivity contribution >= 4 is 34.6 Å². The lowest BCUT2D eigenvalue weighted by Gasteiger charge is -2.33. The maximum atomic E-state index is 10.5. The van der Waals surface area contributed by atoms with Crippen LogP contribution < -0.4 is 15.3 Å². The molecule has 2 N–H and O–H groups in total. The van der Waals surface area contributed by atoms with Crippen LogP contribution in [0.15, 0.2) is 42.5 Å². The Hall–Kier alpha value is -1.70. The van der Waals surface area contributed by atoms with E-state index in [0.29, 0.717) is 23.1 Å². The molecule has 150 valence electrons. The van der Waals surface area contributed by atoms with E-state index in [-0.39, 0.29) is 6.10 Å². The van der Waals surface area contributed by atoms with Gasteiger partial charge in [0.2, 0.25) is 0 Å². The largest absolute Gasteiger partial charge is 0.490 e. The molecule has 28 heavy (non-hydrogen) atoms. The number of benzene rings is 2. The molecule has 0 saturated carbocycles. The minimum atomic E-state index is -0.513. The molecule has 2 aromatic carbocycles. The average Bonchev–Trinajstić information content (AvgIpc) is 3.09. The van der Waals surface area contributed by atoms with E-state index in [1.165, 1.54) is 0 Å². The molecule has 0 unspecified atom stereocenters. The van der Waals surface area contributed by atoms with Gasteiger partial charge in [-0.3, -0.25) is 0 Å².